The Morgan fingerprint density at radius 3 is 2.73 bits per heavy atom. The maximum absolute atomic E-state index is 13.8. The molecule has 3 heterocycles. The molecule has 1 saturated heterocycles. The number of hydrogen-bond donors (Lipinski definition) is 0. The minimum atomic E-state index is -0.370. The molecule has 0 bridgehead atoms. The standard InChI is InChI=1S/C16H21FN4O/c1-19(2)13-5-7-20(8-6-13)14-9-21(10-14)16-15(17)4-3-12(11-22)18-16/h3-5,7,11,13-14H,6,8-10H2,1-2H3. The summed E-state index contributed by atoms with van der Waals surface area (Å²) in [5.74, 6) is -0.0843. The molecule has 0 aliphatic carbocycles. The first-order chi connectivity index (χ1) is 10.6. The number of hydrogen-bond acceptors (Lipinski definition) is 5. The van der Waals surface area contributed by atoms with Crippen LogP contribution in [-0.4, -0.2) is 66.9 Å². The Bertz CT molecular complexity index is 584. The van der Waals surface area contributed by atoms with Gasteiger partial charge in [-0.25, -0.2) is 9.37 Å². The average molecular weight is 304 g/mol. The van der Waals surface area contributed by atoms with Gasteiger partial charge in [-0.3, -0.25) is 4.79 Å². The zero-order valence-corrected chi connectivity index (χ0v) is 12.9. The third-order valence-corrected chi connectivity index (χ3v) is 4.45. The van der Waals surface area contributed by atoms with Crippen LogP contribution in [-0.2, 0) is 0 Å². The van der Waals surface area contributed by atoms with Crippen LogP contribution in [0, 0.1) is 5.82 Å². The second-order valence-electron chi connectivity index (χ2n) is 6.12. The molecule has 5 nitrogen and oxygen atoms in total. The number of nitrogens with zero attached hydrogens (tertiary/aromatic N) is 4. The molecule has 2 aliphatic rings. The highest BCUT2D eigenvalue weighted by Gasteiger charge is 2.34. The molecule has 1 aromatic rings. The Balaban J connectivity index is 1.61. The van der Waals surface area contributed by atoms with E-state index in [1.807, 2.05) is 4.90 Å². The van der Waals surface area contributed by atoms with Gasteiger partial charge in [0.2, 0.25) is 0 Å². The third kappa shape index (κ3) is 2.83. The molecule has 3 rings (SSSR count). The summed E-state index contributed by atoms with van der Waals surface area (Å²) in [6.45, 7) is 2.49. The maximum Gasteiger partial charge on any atom is 0.168 e. The normalized spacial score (nSPS) is 22.1. The van der Waals surface area contributed by atoms with Gasteiger partial charge in [0, 0.05) is 25.7 Å². The van der Waals surface area contributed by atoms with Crippen molar-refractivity contribution in [2.75, 3.05) is 38.6 Å². The average Bonchev–Trinajstić information content (AvgIpc) is 2.48. The van der Waals surface area contributed by atoms with E-state index in [-0.39, 0.29) is 17.3 Å². The second kappa shape index (κ2) is 6.04. The number of carbonyl (C=O) groups is 1. The van der Waals surface area contributed by atoms with E-state index in [2.05, 4.69) is 41.2 Å². The number of aromatic nitrogens is 1. The lowest BCUT2D eigenvalue weighted by Crippen LogP contribution is -2.59. The summed E-state index contributed by atoms with van der Waals surface area (Å²) in [6.07, 6.45) is 6.13. The molecular weight excluding hydrogens is 283 g/mol. The maximum atomic E-state index is 13.8. The van der Waals surface area contributed by atoms with E-state index in [0.717, 1.165) is 26.1 Å². The number of aldehydes is 1. The predicted octanol–water partition coefficient (Wildman–Crippen LogP) is 1.37. The fourth-order valence-corrected chi connectivity index (χ4v) is 2.97. The van der Waals surface area contributed by atoms with Crippen molar-refractivity contribution < 1.29 is 9.18 Å². The van der Waals surface area contributed by atoms with Crippen molar-refractivity contribution in [3.8, 4) is 0 Å². The zero-order chi connectivity index (χ0) is 15.7. The van der Waals surface area contributed by atoms with Crippen molar-refractivity contribution >= 4 is 12.1 Å². The van der Waals surface area contributed by atoms with Crippen LogP contribution in [0.5, 0.6) is 0 Å². The number of pyridine rings is 1. The molecule has 6 heteroatoms. The van der Waals surface area contributed by atoms with E-state index in [1.54, 1.807) is 0 Å². The van der Waals surface area contributed by atoms with E-state index in [0.29, 0.717) is 18.4 Å². The van der Waals surface area contributed by atoms with Crippen molar-refractivity contribution in [1.29, 1.82) is 0 Å². The smallest absolute Gasteiger partial charge is 0.168 e. The Kier molecular flexibility index (Phi) is 4.11. The Morgan fingerprint density at radius 1 is 1.36 bits per heavy atom. The van der Waals surface area contributed by atoms with Gasteiger partial charge < -0.3 is 14.7 Å². The fourth-order valence-electron chi connectivity index (χ4n) is 2.97. The predicted molar refractivity (Wildman–Crippen MR) is 83.5 cm³/mol. The van der Waals surface area contributed by atoms with Crippen LogP contribution >= 0.6 is 0 Å². The van der Waals surface area contributed by atoms with E-state index >= 15 is 0 Å². The quantitative estimate of drug-likeness (QED) is 0.786. The first-order valence-electron chi connectivity index (χ1n) is 7.55. The molecule has 0 aromatic carbocycles. The van der Waals surface area contributed by atoms with Crippen LogP contribution in [0.15, 0.2) is 24.4 Å². The molecule has 1 atom stereocenters. The fraction of sp³-hybridized carbons (Fsp3) is 0.500. The van der Waals surface area contributed by atoms with Crippen molar-refractivity contribution in [2.45, 2.75) is 18.5 Å². The number of likely N-dealkylation sites (N-methyl/N-ethyl adjacent to an activating group) is 1. The van der Waals surface area contributed by atoms with Gasteiger partial charge in [0.05, 0.1) is 6.04 Å². The minimum absolute atomic E-state index is 0.270. The van der Waals surface area contributed by atoms with E-state index in [1.165, 1.54) is 12.1 Å². The summed E-state index contributed by atoms with van der Waals surface area (Å²) in [4.78, 5) is 21.3. The van der Waals surface area contributed by atoms with Gasteiger partial charge in [-0.15, -0.1) is 0 Å². The van der Waals surface area contributed by atoms with Crippen LogP contribution in [0.4, 0.5) is 10.2 Å². The van der Waals surface area contributed by atoms with Gasteiger partial charge in [-0.2, -0.15) is 0 Å². The summed E-state index contributed by atoms with van der Waals surface area (Å²) in [6, 6.07) is 3.59. The molecule has 1 unspecified atom stereocenters. The molecule has 1 aromatic heterocycles. The summed E-state index contributed by atoms with van der Waals surface area (Å²) >= 11 is 0. The lowest BCUT2D eigenvalue weighted by molar-refractivity contribution is 0.111. The van der Waals surface area contributed by atoms with E-state index in [4.69, 9.17) is 0 Å². The molecule has 0 amide bonds. The Labute approximate surface area is 130 Å². The van der Waals surface area contributed by atoms with Crippen LogP contribution in [0.2, 0.25) is 0 Å². The zero-order valence-electron chi connectivity index (χ0n) is 12.9. The minimum Gasteiger partial charge on any atom is -0.371 e. The highest BCUT2D eigenvalue weighted by Crippen LogP contribution is 2.26. The van der Waals surface area contributed by atoms with Gasteiger partial charge in [-0.05, 0) is 38.8 Å². The Morgan fingerprint density at radius 2 is 2.14 bits per heavy atom. The van der Waals surface area contributed by atoms with Gasteiger partial charge in [0.1, 0.15) is 5.69 Å². The summed E-state index contributed by atoms with van der Waals surface area (Å²) in [7, 11) is 4.18. The van der Waals surface area contributed by atoms with Crippen LogP contribution in [0.25, 0.3) is 0 Å². The van der Waals surface area contributed by atoms with E-state index < -0.39 is 0 Å². The lowest BCUT2D eigenvalue weighted by Gasteiger charge is -2.47. The number of anilines is 1. The molecule has 1 fully saturated rings. The molecule has 0 spiro atoms. The molecule has 0 radical (unpaired) electrons. The number of halogens is 1. The highest BCUT2D eigenvalue weighted by atomic mass is 19.1. The molecule has 118 valence electrons. The Hall–Kier alpha value is -1.95. The lowest BCUT2D eigenvalue weighted by atomic mass is 10.0. The molecular formula is C16H21FN4O. The number of carbonyl (C=O) groups excluding carboxylic acids is 1. The topological polar surface area (TPSA) is 39.7 Å². The molecule has 0 saturated carbocycles. The first-order valence-corrected chi connectivity index (χ1v) is 7.55. The highest BCUT2D eigenvalue weighted by molar-refractivity contribution is 5.72. The summed E-state index contributed by atoms with van der Waals surface area (Å²) in [5, 5.41) is 0. The van der Waals surface area contributed by atoms with Crippen molar-refractivity contribution in [3.05, 3.63) is 35.9 Å². The molecule has 2 aliphatic heterocycles. The van der Waals surface area contributed by atoms with Crippen molar-refractivity contribution in [2.24, 2.45) is 0 Å². The van der Waals surface area contributed by atoms with Crippen LogP contribution in [0.3, 0.4) is 0 Å². The van der Waals surface area contributed by atoms with Gasteiger partial charge in [0.25, 0.3) is 0 Å². The second-order valence-corrected chi connectivity index (χ2v) is 6.12. The number of rotatable bonds is 4. The van der Waals surface area contributed by atoms with Crippen LogP contribution < -0.4 is 4.90 Å². The van der Waals surface area contributed by atoms with E-state index in [9.17, 15) is 9.18 Å². The summed E-state index contributed by atoms with van der Waals surface area (Å²) < 4.78 is 13.8. The van der Waals surface area contributed by atoms with Gasteiger partial charge >= 0.3 is 0 Å². The monoisotopic (exact) mass is 304 g/mol. The van der Waals surface area contributed by atoms with Crippen molar-refractivity contribution in [3.63, 3.8) is 0 Å². The van der Waals surface area contributed by atoms with Crippen molar-refractivity contribution in [1.82, 2.24) is 14.8 Å². The summed E-state index contributed by atoms with van der Waals surface area (Å²) in [5.41, 5.74) is 0.270. The molecule has 0 N–H and O–H groups in total. The first kappa shape index (κ1) is 15.0. The SMILES string of the molecule is CN(C)C1C=CN(C2CN(c3nc(C=O)ccc3F)C2)CC1. The molecule has 22 heavy (non-hydrogen) atoms. The largest absolute Gasteiger partial charge is 0.371 e. The van der Waals surface area contributed by atoms with Gasteiger partial charge in [-0.1, -0.05) is 6.08 Å². The van der Waals surface area contributed by atoms with Crippen LogP contribution in [0.1, 0.15) is 16.9 Å². The third-order valence-electron chi connectivity index (χ3n) is 4.45. The van der Waals surface area contributed by atoms with Gasteiger partial charge in [0.15, 0.2) is 17.9 Å².